The first kappa shape index (κ1) is 5.65. The lowest BCUT2D eigenvalue weighted by atomic mass is 10.1. The lowest BCUT2D eigenvalue weighted by molar-refractivity contribution is 0.673. The van der Waals surface area contributed by atoms with Crippen molar-refractivity contribution in [3.05, 3.63) is 0 Å². The van der Waals surface area contributed by atoms with Gasteiger partial charge in [0.15, 0.2) is 0 Å². The quantitative estimate of drug-likeness (QED) is 0.332. The van der Waals surface area contributed by atoms with E-state index in [2.05, 4.69) is 0 Å². The Morgan fingerprint density at radius 3 is 1.80 bits per heavy atom. The van der Waals surface area contributed by atoms with E-state index in [1.165, 1.54) is 0 Å². The minimum absolute atomic E-state index is 0.0578. The predicted molar refractivity (Wildman–Crippen MR) is 26.9 cm³/mol. The van der Waals surface area contributed by atoms with E-state index in [0.717, 1.165) is 0 Å². The van der Waals surface area contributed by atoms with Crippen LogP contribution in [0.3, 0.4) is 0 Å². The molecule has 0 N–H and O–H groups in total. The molecule has 0 aromatic rings. The number of alkyl halides is 1. The fourth-order valence-corrected chi connectivity index (χ4v) is 0. The van der Waals surface area contributed by atoms with Gasteiger partial charge in [-0.1, -0.05) is 22.6 Å². The van der Waals surface area contributed by atoms with E-state index in [1.807, 2.05) is 0 Å². The maximum atomic E-state index is 10.8. The van der Waals surface area contributed by atoms with E-state index in [4.69, 9.17) is 0 Å². The molecule has 0 nitrogen and oxygen atoms in total. The average molecular weight is 190 g/mol. The monoisotopic (exact) mass is 190 g/mol. The summed E-state index contributed by atoms with van der Waals surface area (Å²) < 4.78 is 21.5. The van der Waals surface area contributed by atoms with E-state index in [1.54, 1.807) is 22.6 Å². The molecule has 0 aliphatic heterocycles. The van der Waals surface area contributed by atoms with Crippen LogP contribution < -0.4 is 0 Å². The second-order valence-electron chi connectivity index (χ2n) is 0.545. The molecule has 0 saturated heterocycles. The molecule has 5 heavy (non-hydrogen) atoms. The Labute approximate surface area is 43.3 Å². The zero-order chi connectivity index (χ0) is 4.28. The molecular weight excluding hydrogens is 188 g/mol. The lowest BCUT2D eigenvalue weighted by Gasteiger charge is -1.72. The minimum Gasteiger partial charge on any atom is -0.286 e. The maximum Gasteiger partial charge on any atom is 0.547 e. The van der Waals surface area contributed by atoms with Crippen molar-refractivity contribution in [2.75, 3.05) is 4.33 Å². The number of hydrogen-bond donors (Lipinski definition) is 0. The molecule has 0 spiro atoms. The molecule has 0 bridgehead atoms. The van der Waals surface area contributed by atoms with Crippen molar-refractivity contribution >= 4 is 29.9 Å². The minimum atomic E-state index is -2.13. The van der Waals surface area contributed by atoms with Gasteiger partial charge in [-0.05, 0) is 0 Å². The van der Waals surface area contributed by atoms with Gasteiger partial charge in [0.25, 0.3) is 0 Å². The second kappa shape index (κ2) is 2.87. The fourth-order valence-electron chi connectivity index (χ4n) is 0. The first-order chi connectivity index (χ1) is 2.27. The smallest absolute Gasteiger partial charge is 0.286 e. The van der Waals surface area contributed by atoms with Gasteiger partial charge < -0.3 is 0 Å². The van der Waals surface area contributed by atoms with Crippen molar-refractivity contribution in [3.63, 3.8) is 0 Å². The summed E-state index contributed by atoms with van der Waals surface area (Å²) in [5.74, 6) is 0. The molecule has 0 aliphatic carbocycles. The molecule has 0 rings (SSSR count). The highest BCUT2D eigenvalue weighted by atomic mass is 127. The van der Waals surface area contributed by atoms with Gasteiger partial charge >= 0.3 is 7.27 Å². The van der Waals surface area contributed by atoms with Gasteiger partial charge in [0, 0.05) is 4.33 Å². The summed E-state index contributed by atoms with van der Waals surface area (Å²) in [5, 5.41) is 0. The van der Waals surface area contributed by atoms with Gasteiger partial charge in [0.1, 0.15) is 0 Å². The van der Waals surface area contributed by atoms with Gasteiger partial charge in [-0.2, -0.15) is 0 Å². The molecule has 0 fully saturated rings. The number of rotatable bonds is 1. The third-order valence-electron chi connectivity index (χ3n) is 0.117. The zero-order valence-electron chi connectivity index (χ0n) is 2.42. The molecule has 0 aromatic carbocycles. The van der Waals surface area contributed by atoms with Gasteiger partial charge in [-0.15, -0.1) is 0 Å². The predicted octanol–water partition coefficient (Wildman–Crippen LogP) is 1.39. The summed E-state index contributed by atoms with van der Waals surface area (Å²) in [6.07, 6.45) is 0. The molecule has 0 unspecified atom stereocenters. The Balaban J connectivity index is 2.54. The lowest BCUT2D eigenvalue weighted by Crippen LogP contribution is -1.95. The molecule has 0 amide bonds. The summed E-state index contributed by atoms with van der Waals surface area (Å²) in [5.41, 5.74) is 0. The summed E-state index contributed by atoms with van der Waals surface area (Å²) in [4.78, 5) is 0. The first-order valence-corrected chi connectivity index (χ1v) is 2.64. The Morgan fingerprint density at radius 1 is 1.60 bits per heavy atom. The van der Waals surface area contributed by atoms with Crippen LogP contribution in [0.1, 0.15) is 0 Å². The van der Waals surface area contributed by atoms with Gasteiger partial charge in [0.2, 0.25) is 0 Å². The second-order valence-corrected chi connectivity index (χ2v) is 1.43. The maximum absolute atomic E-state index is 10.8. The van der Waals surface area contributed by atoms with Crippen molar-refractivity contribution in [1.82, 2.24) is 0 Å². The standard InChI is InChI=1S/CH2BF2I/c3-2(4)1-5/h1H2. The van der Waals surface area contributed by atoms with Crippen LogP contribution in [0.15, 0.2) is 0 Å². The normalized spacial score (nSPS) is 7.80. The van der Waals surface area contributed by atoms with Crippen LogP contribution in [0.5, 0.6) is 0 Å². The van der Waals surface area contributed by atoms with Crippen LogP contribution in [-0.2, 0) is 0 Å². The van der Waals surface area contributed by atoms with E-state index >= 15 is 0 Å². The molecule has 0 aromatic heterocycles. The molecule has 30 valence electrons. The van der Waals surface area contributed by atoms with Crippen molar-refractivity contribution in [2.24, 2.45) is 0 Å². The first-order valence-electron chi connectivity index (χ1n) is 1.11. The van der Waals surface area contributed by atoms with E-state index < -0.39 is 7.27 Å². The van der Waals surface area contributed by atoms with Crippen LogP contribution >= 0.6 is 22.6 Å². The fraction of sp³-hybridized carbons (Fsp3) is 1.00. The van der Waals surface area contributed by atoms with Gasteiger partial charge in [0.05, 0.1) is 0 Å². The molecule has 0 aliphatic rings. The zero-order valence-corrected chi connectivity index (χ0v) is 4.58. The third-order valence-corrected chi connectivity index (χ3v) is 0.782. The summed E-state index contributed by atoms with van der Waals surface area (Å²) in [6.45, 7) is 0. The molecule has 4 heteroatoms. The summed E-state index contributed by atoms with van der Waals surface area (Å²) in [6, 6.07) is 0. The number of hydrogen-bond acceptors (Lipinski definition) is 0. The van der Waals surface area contributed by atoms with Crippen molar-refractivity contribution in [3.8, 4) is 0 Å². The Morgan fingerprint density at radius 2 is 1.80 bits per heavy atom. The average Bonchev–Trinajstić information content (AvgIpc) is 1.38. The molecule has 0 saturated carbocycles. The summed E-state index contributed by atoms with van der Waals surface area (Å²) in [7, 11) is -2.13. The largest absolute Gasteiger partial charge is 0.547 e. The Bertz CT molecular complexity index is 23.6. The van der Waals surface area contributed by atoms with E-state index in [9.17, 15) is 8.63 Å². The Hall–Kier alpha value is 0.655. The van der Waals surface area contributed by atoms with Gasteiger partial charge in [-0.25, -0.2) is 0 Å². The molecule has 0 atom stereocenters. The molecular formula is CH2BF2I. The van der Waals surface area contributed by atoms with Gasteiger partial charge in [-0.3, -0.25) is 8.63 Å². The third kappa shape index (κ3) is 4.65. The van der Waals surface area contributed by atoms with Crippen LogP contribution in [0.2, 0.25) is 0 Å². The van der Waals surface area contributed by atoms with Crippen LogP contribution in [0.25, 0.3) is 0 Å². The number of halogens is 3. The van der Waals surface area contributed by atoms with Crippen molar-refractivity contribution in [1.29, 1.82) is 0 Å². The molecule has 0 radical (unpaired) electrons. The van der Waals surface area contributed by atoms with Crippen LogP contribution in [-0.4, -0.2) is 11.6 Å². The van der Waals surface area contributed by atoms with Crippen LogP contribution in [0, 0.1) is 0 Å². The molecule has 0 heterocycles. The van der Waals surface area contributed by atoms with E-state index in [0.29, 0.717) is 0 Å². The van der Waals surface area contributed by atoms with E-state index in [-0.39, 0.29) is 4.33 Å². The Kier molecular flexibility index (Phi) is 3.25. The summed E-state index contributed by atoms with van der Waals surface area (Å²) >= 11 is 1.63. The highest BCUT2D eigenvalue weighted by Gasteiger charge is 2.05. The van der Waals surface area contributed by atoms with Crippen LogP contribution in [0.4, 0.5) is 8.63 Å². The van der Waals surface area contributed by atoms with Crippen molar-refractivity contribution < 1.29 is 8.63 Å². The SMILES string of the molecule is FB(F)CI. The highest BCUT2D eigenvalue weighted by Crippen LogP contribution is 1.89. The topological polar surface area (TPSA) is 0 Å². The highest BCUT2D eigenvalue weighted by molar-refractivity contribution is 14.1. The van der Waals surface area contributed by atoms with Crippen molar-refractivity contribution in [2.45, 2.75) is 0 Å².